The Kier molecular flexibility index (Phi) is 3.55. The molecular weight excluding hydrogens is 296 g/mol. The first-order valence-corrected chi connectivity index (χ1v) is 7.64. The summed E-state index contributed by atoms with van der Waals surface area (Å²) in [7, 11) is -1.14. The number of nitrogens with zero attached hydrogens (tertiary/aromatic N) is 1. The van der Waals surface area contributed by atoms with E-state index in [9.17, 15) is 17.8 Å². The van der Waals surface area contributed by atoms with Crippen LogP contribution in [-0.2, 0) is 10.8 Å². The molecule has 1 amide bonds. The standard InChI is InChI=1S/C15H11F2NO2S/c16-11-6-5-10(9-12(11)17)15(19)18-7-8-21(20)14-4-2-1-3-13(14)18/h1-6,9H,7-8H2. The number of rotatable bonds is 1. The molecule has 2 aromatic rings. The summed E-state index contributed by atoms with van der Waals surface area (Å²) in [6.07, 6.45) is 0. The number of halogens is 2. The minimum Gasteiger partial charge on any atom is -0.306 e. The van der Waals surface area contributed by atoms with Crippen LogP contribution in [0.25, 0.3) is 0 Å². The average Bonchev–Trinajstić information content (AvgIpc) is 2.50. The summed E-state index contributed by atoms with van der Waals surface area (Å²) in [6.45, 7) is 0.279. The number of hydrogen-bond acceptors (Lipinski definition) is 2. The van der Waals surface area contributed by atoms with Crippen molar-refractivity contribution in [1.82, 2.24) is 0 Å². The lowest BCUT2D eigenvalue weighted by Crippen LogP contribution is -2.38. The SMILES string of the molecule is O=C(c1ccc(F)c(F)c1)N1CCS(=O)c2ccccc21. The Balaban J connectivity index is 2.01. The van der Waals surface area contributed by atoms with Gasteiger partial charge in [-0.25, -0.2) is 8.78 Å². The van der Waals surface area contributed by atoms with Gasteiger partial charge in [0.25, 0.3) is 5.91 Å². The number of para-hydroxylation sites is 1. The number of anilines is 1. The lowest BCUT2D eigenvalue weighted by atomic mass is 10.1. The van der Waals surface area contributed by atoms with Gasteiger partial charge in [0.15, 0.2) is 11.6 Å². The van der Waals surface area contributed by atoms with Crippen LogP contribution in [0.4, 0.5) is 14.5 Å². The molecule has 3 rings (SSSR count). The lowest BCUT2D eigenvalue weighted by molar-refractivity contribution is 0.0987. The molecule has 0 fully saturated rings. The third-order valence-corrected chi connectivity index (χ3v) is 4.70. The molecule has 0 radical (unpaired) electrons. The first-order valence-electron chi connectivity index (χ1n) is 6.32. The van der Waals surface area contributed by atoms with E-state index in [1.165, 1.54) is 11.0 Å². The quantitative estimate of drug-likeness (QED) is 0.812. The largest absolute Gasteiger partial charge is 0.306 e. The molecule has 2 aromatic carbocycles. The molecule has 0 aromatic heterocycles. The Morgan fingerprint density at radius 1 is 1.10 bits per heavy atom. The third kappa shape index (κ3) is 2.47. The highest BCUT2D eigenvalue weighted by atomic mass is 32.2. The molecule has 1 heterocycles. The number of amides is 1. The number of carbonyl (C=O) groups is 1. The molecule has 0 aliphatic carbocycles. The maximum absolute atomic E-state index is 13.3. The van der Waals surface area contributed by atoms with E-state index in [2.05, 4.69) is 0 Å². The molecule has 1 unspecified atom stereocenters. The van der Waals surface area contributed by atoms with Crippen LogP contribution in [-0.4, -0.2) is 22.4 Å². The summed E-state index contributed by atoms with van der Waals surface area (Å²) in [5.74, 6) is -2.16. The molecule has 21 heavy (non-hydrogen) atoms. The second-order valence-corrected chi connectivity index (χ2v) is 6.14. The van der Waals surface area contributed by atoms with Crippen LogP contribution in [0.1, 0.15) is 10.4 Å². The fraction of sp³-hybridized carbons (Fsp3) is 0.133. The smallest absolute Gasteiger partial charge is 0.258 e. The second-order valence-electron chi connectivity index (χ2n) is 4.60. The summed E-state index contributed by atoms with van der Waals surface area (Å²) < 4.78 is 38.2. The molecule has 0 spiro atoms. The fourth-order valence-electron chi connectivity index (χ4n) is 2.27. The highest BCUT2D eigenvalue weighted by molar-refractivity contribution is 7.85. The number of fused-ring (bicyclic) bond motifs is 1. The summed E-state index contributed by atoms with van der Waals surface area (Å²) in [6, 6.07) is 9.95. The molecule has 0 saturated carbocycles. The number of benzene rings is 2. The summed E-state index contributed by atoms with van der Waals surface area (Å²) >= 11 is 0. The number of hydrogen-bond donors (Lipinski definition) is 0. The first kappa shape index (κ1) is 13.9. The van der Waals surface area contributed by atoms with Gasteiger partial charge in [-0.3, -0.25) is 9.00 Å². The number of carbonyl (C=O) groups excluding carboxylic acids is 1. The van der Waals surface area contributed by atoms with Gasteiger partial charge in [-0.05, 0) is 30.3 Å². The van der Waals surface area contributed by atoms with E-state index in [1.54, 1.807) is 24.3 Å². The molecule has 0 bridgehead atoms. The van der Waals surface area contributed by atoms with Crippen LogP contribution >= 0.6 is 0 Å². The predicted molar refractivity (Wildman–Crippen MR) is 75.8 cm³/mol. The van der Waals surface area contributed by atoms with Gasteiger partial charge in [-0.2, -0.15) is 0 Å². The van der Waals surface area contributed by atoms with Crippen molar-refractivity contribution in [3.63, 3.8) is 0 Å². The molecule has 1 atom stereocenters. The van der Waals surface area contributed by atoms with Crippen LogP contribution in [0.15, 0.2) is 47.4 Å². The second kappa shape index (κ2) is 5.37. The molecule has 3 nitrogen and oxygen atoms in total. The van der Waals surface area contributed by atoms with Gasteiger partial charge >= 0.3 is 0 Å². The maximum Gasteiger partial charge on any atom is 0.258 e. The molecule has 6 heteroatoms. The van der Waals surface area contributed by atoms with E-state index >= 15 is 0 Å². The van der Waals surface area contributed by atoms with Gasteiger partial charge in [-0.15, -0.1) is 0 Å². The topological polar surface area (TPSA) is 37.4 Å². The molecular formula is C15H11F2NO2S. The summed E-state index contributed by atoms with van der Waals surface area (Å²) in [5.41, 5.74) is 0.619. The van der Waals surface area contributed by atoms with Crippen LogP contribution in [0.3, 0.4) is 0 Å². The first-order chi connectivity index (χ1) is 10.1. The molecule has 1 aliphatic rings. The molecule has 0 N–H and O–H groups in total. The van der Waals surface area contributed by atoms with Gasteiger partial charge in [0.2, 0.25) is 0 Å². The summed E-state index contributed by atoms with van der Waals surface area (Å²) in [5, 5.41) is 0. The van der Waals surface area contributed by atoms with Crippen LogP contribution in [0.2, 0.25) is 0 Å². The Morgan fingerprint density at radius 2 is 1.86 bits per heavy atom. The van der Waals surface area contributed by atoms with Crippen molar-refractivity contribution in [1.29, 1.82) is 0 Å². The van der Waals surface area contributed by atoms with Crippen molar-refractivity contribution < 1.29 is 17.8 Å². The van der Waals surface area contributed by atoms with Gasteiger partial charge in [0.05, 0.1) is 21.4 Å². The Morgan fingerprint density at radius 3 is 2.62 bits per heavy atom. The van der Waals surface area contributed by atoms with Crippen molar-refractivity contribution in [2.75, 3.05) is 17.2 Å². The van der Waals surface area contributed by atoms with Gasteiger partial charge in [0.1, 0.15) is 0 Å². The van der Waals surface area contributed by atoms with E-state index < -0.39 is 28.3 Å². The van der Waals surface area contributed by atoms with E-state index in [1.807, 2.05) is 0 Å². The third-order valence-electron chi connectivity index (χ3n) is 3.31. The zero-order chi connectivity index (χ0) is 15.0. The van der Waals surface area contributed by atoms with Gasteiger partial charge in [-0.1, -0.05) is 12.1 Å². The normalized spacial score (nSPS) is 17.4. The van der Waals surface area contributed by atoms with Crippen LogP contribution in [0.5, 0.6) is 0 Å². The molecule has 0 saturated heterocycles. The zero-order valence-corrected chi connectivity index (χ0v) is 11.7. The predicted octanol–water partition coefficient (Wildman–Crippen LogP) is 2.73. The van der Waals surface area contributed by atoms with Crippen LogP contribution in [0, 0.1) is 11.6 Å². The average molecular weight is 307 g/mol. The Bertz CT molecular complexity index is 748. The molecule has 108 valence electrons. The minimum atomic E-state index is -1.14. The molecule has 1 aliphatic heterocycles. The van der Waals surface area contributed by atoms with Crippen molar-refractivity contribution in [2.24, 2.45) is 0 Å². The monoisotopic (exact) mass is 307 g/mol. The Hall–Kier alpha value is -2.08. The van der Waals surface area contributed by atoms with Gasteiger partial charge in [0, 0.05) is 17.9 Å². The highest BCUT2D eigenvalue weighted by Crippen LogP contribution is 2.29. The fourth-order valence-corrected chi connectivity index (χ4v) is 3.48. The highest BCUT2D eigenvalue weighted by Gasteiger charge is 2.27. The lowest BCUT2D eigenvalue weighted by Gasteiger charge is -2.28. The Labute approximate surface area is 122 Å². The van der Waals surface area contributed by atoms with Crippen molar-refractivity contribution in [2.45, 2.75) is 4.90 Å². The van der Waals surface area contributed by atoms with Crippen molar-refractivity contribution in [3.8, 4) is 0 Å². The zero-order valence-electron chi connectivity index (χ0n) is 10.9. The maximum atomic E-state index is 13.3. The van der Waals surface area contributed by atoms with E-state index in [0.717, 1.165) is 12.1 Å². The van der Waals surface area contributed by atoms with Crippen molar-refractivity contribution in [3.05, 3.63) is 59.7 Å². The van der Waals surface area contributed by atoms with Gasteiger partial charge < -0.3 is 4.90 Å². The summed E-state index contributed by atoms with van der Waals surface area (Å²) in [4.78, 5) is 14.5. The van der Waals surface area contributed by atoms with E-state index in [-0.39, 0.29) is 12.1 Å². The van der Waals surface area contributed by atoms with Crippen LogP contribution < -0.4 is 4.90 Å². The van der Waals surface area contributed by atoms with Crippen molar-refractivity contribution >= 4 is 22.4 Å². The minimum absolute atomic E-state index is 0.0661. The van der Waals surface area contributed by atoms with E-state index in [0.29, 0.717) is 16.3 Å². The van der Waals surface area contributed by atoms with E-state index in [4.69, 9.17) is 0 Å².